The summed E-state index contributed by atoms with van der Waals surface area (Å²) < 4.78 is 25.3. The molecule has 0 spiro atoms. The molecule has 0 saturated heterocycles. The van der Waals surface area contributed by atoms with E-state index in [0.717, 1.165) is 0 Å². The van der Waals surface area contributed by atoms with Crippen molar-refractivity contribution in [2.24, 2.45) is 0 Å². The second-order valence-corrected chi connectivity index (χ2v) is 8.03. The van der Waals surface area contributed by atoms with Gasteiger partial charge in [-0.05, 0) is 40.2 Å². The number of aryl methyl sites for hydroxylation is 2. The van der Waals surface area contributed by atoms with E-state index in [9.17, 15) is 8.42 Å². The maximum atomic E-state index is 11.3. The highest BCUT2D eigenvalue weighted by molar-refractivity contribution is 7.88. The van der Waals surface area contributed by atoms with Crippen LogP contribution in [0, 0.1) is 13.8 Å². The molecule has 114 valence electrons. The molecule has 2 N–H and O–H groups in total. The van der Waals surface area contributed by atoms with Crippen LogP contribution in [0.4, 0.5) is 0 Å². The summed E-state index contributed by atoms with van der Waals surface area (Å²) in [7, 11) is -3.20. The summed E-state index contributed by atoms with van der Waals surface area (Å²) in [6.07, 6.45) is 1.18. The maximum Gasteiger partial charge on any atom is 0.209 e. The molecule has 1 aromatic rings. The van der Waals surface area contributed by atoms with Gasteiger partial charge in [-0.3, -0.25) is 0 Å². The lowest BCUT2D eigenvalue weighted by Crippen LogP contribution is -2.50. The minimum absolute atomic E-state index is 0.175. The van der Waals surface area contributed by atoms with Crippen LogP contribution in [0.15, 0.2) is 18.2 Å². The zero-order chi connectivity index (χ0) is 15.6. The van der Waals surface area contributed by atoms with Crippen molar-refractivity contribution < 1.29 is 8.42 Å². The van der Waals surface area contributed by atoms with Gasteiger partial charge >= 0.3 is 0 Å². The Labute approximate surface area is 123 Å². The summed E-state index contributed by atoms with van der Waals surface area (Å²) in [4.78, 5) is 0. The maximum absolute atomic E-state index is 11.3. The van der Waals surface area contributed by atoms with Crippen LogP contribution in [-0.4, -0.2) is 26.8 Å². The van der Waals surface area contributed by atoms with Crippen molar-refractivity contribution in [2.75, 3.05) is 12.8 Å². The number of hydrogen-bond donors (Lipinski definition) is 2. The molecule has 0 heterocycles. The molecular weight excluding hydrogens is 272 g/mol. The smallest absolute Gasteiger partial charge is 0.209 e. The zero-order valence-electron chi connectivity index (χ0n) is 13.2. The molecule has 1 unspecified atom stereocenters. The van der Waals surface area contributed by atoms with E-state index in [2.05, 4.69) is 49.0 Å². The highest BCUT2D eigenvalue weighted by atomic mass is 32.2. The predicted molar refractivity (Wildman–Crippen MR) is 84.4 cm³/mol. The fraction of sp³-hybridized carbons (Fsp3) is 0.600. The lowest BCUT2D eigenvalue weighted by atomic mass is 10.0. The Bertz CT molecular complexity index is 545. The highest BCUT2D eigenvalue weighted by Gasteiger charge is 2.22. The van der Waals surface area contributed by atoms with Gasteiger partial charge in [-0.25, -0.2) is 13.1 Å². The lowest BCUT2D eigenvalue weighted by molar-refractivity contribution is 0.399. The Morgan fingerprint density at radius 3 is 2.10 bits per heavy atom. The molecule has 0 fully saturated rings. The first kappa shape index (κ1) is 17.1. The lowest BCUT2D eigenvalue weighted by Gasteiger charge is -2.27. The van der Waals surface area contributed by atoms with Crippen molar-refractivity contribution in [1.29, 1.82) is 0 Å². The largest absolute Gasteiger partial charge is 0.308 e. The SMILES string of the molecule is Cc1cc(C)cc(C(C)NCC(C)(C)NS(C)(=O)=O)c1. The zero-order valence-corrected chi connectivity index (χ0v) is 14.1. The third-order valence-corrected chi connectivity index (χ3v) is 3.98. The molecule has 0 saturated carbocycles. The quantitative estimate of drug-likeness (QED) is 0.847. The van der Waals surface area contributed by atoms with Crippen molar-refractivity contribution in [3.8, 4) is 0 Å². The van der Waals surface area contributed by atoms with E-state index in [0.29, 0.717) is 6.54 Å². The Hall–Kier alpha value is -0.910. The molecule has 0 radical (unpaired) electrons. The summed E-state index contributed by atoms with van der Waals surface area (Å²) in [5.41, 5.74) is 3.18. The van der Waals surface area contributed by atoms with Crippen molar-refractivity contribution in [1.82, 2.24) is 10.0 Å². The van der Waals surface area contributed by atoms with Gasteiger partial charge in [0.2, 0.25) is 10.0 Å². The van der Waals surface area contributed by atoms with E-state index in [1.807, 2.05) is 13.8 Å². The van der Waals surface area contributed by atoms with Crippen LogP contribution in [0.25, 0.3) is 0 Å². The normalized spacial score (nSPS) is 14.3. The minimum Gasteiger partial charge on any atom is -0.308 e. The third kappa shape index (κ3) is 6.03. The Morgan fingerprint density at radius 2 is 1.65 bits per heavy atom. The number of sulfonamides is 1. The second-order valence-electron chi connectivity index (χ2n) is 6.28. The molecule has 1 aromatic carbocycles. The first-order valence-electron chi connectivity index (χ1n) is 6.79. The first-order chi connectivity index (χ1) is 8.98. The molecule has 4 nitrogen and oxygen atoms in total. The minimum atomic E-state index is -3.20. The molecule has 0 aromatic heterocycles. The Balaban J connectivity index is 2.69. The molecule has 0 aliphatic rings. The van der Waals surface area contributed by atoms with Crippen LogP contribution in [0.2, 0.25) is 0 Å². The average molecular weight is 298 g/mol. The van der Waals surface area contributed by atoms with Gasteiger partial charge in [0.1, 0.15) is 0 Å². The summed E-state index contributed by atoms with van der Waals surface area (Å²) in [5.74, 6) is 0. The third-order valence-electron chi connectivity index (χ3n) is 3.06. The van der Waals surface area contributed by atoms with E-state index in [-0.39, 0.29) is 6.04 Å². The van der Waals surface area contributed by atoms with Crippen molar-refractivity contribution >= 4 is 10.0 Å². The molecule has 20 heavy (non-hydrogen) atoms. The molecular formula is C15H26N2O2S. The fourth-order valence-electron chi connectivity index (χ4n) is 2.32. The van der Waals surface area contributed by atoms with Gasteiger partial charge in [0.15, 0.2) is 0 Å². The summed E-state index contributed by atoms with van der Waals surface area (Å²) in [6, 6.07) is 6.63. The van der Waals surface area contributed by atoms with E-state index in [1.54, 1.807) is 0 Å². The molecule has 0 aliphatic heterocycles. The van der Waals surface area contributed by atoms with Crippen LogP contribution in [-0.2, 0) is 10.0 Å². The van der Waals surface area contributed by atoms with Crippen LogP contribution >= 0.6 is 0 Å². The second kappa shape index (κ2) is 6.24. The van der Waals surface area contributed by atoms with Gasteiger partial charge in [-0.1, -0.05) is 29.3 Å². The van der Waals surface area contributed by atoms with Gasteiger partial charge in [-0.2, -0.15) is 0 Å². The molecule has 0 amide bonds. The molecule has 0 aliphatic carbocycles. The first-order valence-corrected chi connectivity index (χ1v) is 8.68. The standard InChI is InChI=1S/C15H26N2O2S/c1-11-7-12(2)9-14(8-11)13(3)16-10-15(4,5)17-20(6,18)19/h7-9,13,16-17H,10H2,1-6H3. The van der Waals surface area contributed by atoms with Crippen molar-refractivity contribution in [3.05, 3.63) is 34.9 Å². The summed E-state index contributed by atoms with van der Waals surface area (Å²) >= 11 is 0. The van der Waals surface area contributed by atoms with E-state index >= 15 is 0 Å². The van der Waals surface area contributed by atoms with Gasteiger partial charge in [-0.15, -0.1) is 0 Å². The number of rotatable bonds is 6. The van der Waals surface area contributed by atoms with Gasteiger partial charge in [0.25, 0.3) is 0 Å². The van der Waals surface area contributed by atoms with Crippen LogP contribution < -0.4 is 10.0 Å². The number of hydrogen-bond acceptors (Lipinski definition) is 3. The van der Waals surface area contributed by atoms with E-state index < -0.39 is 15.6 Å². The fourth-order valence-corrected chi connectivity index (χ4v) is 3.40. The van der Waals surface area contributed by atoms with E-state index in [1.165, 1.54) is 22.9 Å². The predicted octanol–water partition coefficient (Wildman–Crippen LogP) is 2.28. The van der Waals surface area contributed by atoms with Crippen LogP contribution in [0.1, 0.15) is 43.5 Å². The van der Waals surface area contributed by atoms with E-state index in [4.69, 9.17) is 0 Å². The van der Waals surface area contributed by atoms with Crippen LogP contribution in [0.5, 0.6) is 0 Å². The van der Waals surface area contributed by atoms with Gasteiger partial charge in [0.05, 0.1) is 6.26 Å². The number of benzene rings is 1. The summed E-state index contributed by atoms with van der Waals surface area (Å²) in [6.45, 7) is 10.6. The van der Waals surface area contributed by atoms with Crippen molar-refractivity contribution in [2.45, 2.75) is 46.2 Å². The molecule has 1 rings (SSSR count). The molecule has 1 atom stereocenters. The van der Waals surface area contributed by atoms with Crippen LogP contribution in [0.3, 0.4) is 0 Å². The number of nitrogens with one attached hydrogen (secondary N) is 2. The molecule has 5 heteroatoms. The topological polar surface area (TPSA) is 58.2 Å². The average Bonchev–Trinajstić information content (AvgIpc) is 2.21. The Kier molecular flexibility index (Phi) is 5.35. The monoisotopic (exact) mass is 298 g/mol. The van der Waals surface area contributed by atoms with Gasteiger partial charge < -0.3 is 5.32 Å². The van der Waals surface area contributed by atoms with Crippen molar-refractivity contribution in [3.63, 3.8) is 0 Å². The highest BCUT2D eigenvalue weighted by Crippen LogP contribution is 2.17. The summed E-state index contributed by atoms with van der Waals surface area (Å²) in [5, 5.41) is 3.39. The molecule has 0 bridgehead atoms. The van der Waals surface area contributed by atoms with Gasteiger partial charge in [0, 0.05) is 18.1 Å². The Morgan fingerprint density at radius 1 is 1.15 bits per heavy atom.